The van der Waals surface area contributed by atoms with Gasteiger partial charge in [-0.1, -0.05) is 11.3 Å². The summed E-state index contributed by atoms with van der Waals surface area (Å²) in [7, 11) is 0. The summed E-state index contributed by atoms with van der Waals surface area (Å²) in [5.41, 5.74) is 0.969. The molecule has 2 aromatic rings. The zero-order valence-corrected chi connectivity index (χ0v) is 12.7. The van der Waals surface area contributed by atoms with E-state index in [2.05, 4.69) is 10.3 Å². The van der Waals surface area contributed by atoms with Crippen LogP contribution in [-0.2, 0) is 5.54 Å². The van der Waals surface area contributed by atoms with Gasteiger partial charge in [0.1, 0.15) is 5.69 Å². The van der Waals surface area contributed by atoms with E-state index in [1.807, 2.05) is 20.8 Å². The normalized spacial score (nSPS) is 13.8. The Bertz CT molecular complexity index is 741. The first kappa shape index (κ1) is 14.3. The van der Waals surface area contributed by atoms with Gasteiger partial charge in [0.05, 0.1) is 17.3 Å². The first-order valence-electron chi connectivity index (χ1n) is 6.99. The van der Waals surface area contributed by atoms with E-state index < -0.39 is 0 Å². The second kappa shape index (κ2) is 5.29. The monoisotopic (exact) mass is 299 g/mol. The lowest BCUT2D eigenvalue weighted by atomic mass is 10.1. The third-order valence-electron chi connectivity index (χ3n) is 3.27. The molecule has 0 amide bonds. The van der Waals surface area contributed by atoms with E-state index in [1.54, 1.807) is 35.2 Å². The number of fused-ring (bicyclic) bond motifs is 1. The van der Waals surface area contributed by atoms with Crippen molar-refractivity contribution in [2.75, 3.05) is 6.79 Å². The smallest absolute Gasteiger partial charge is 0.231 e. The summed E-state index contributed by atoms with van der Waals surface area (Å²) in [5, 5.41) is 8.09. The topological polar surface area (TPSA) is 66.2 Å². The van der Waals surface area contributed by atoms with E-state index in [9.17, 15) is 4.79 Å². The van der Waals surface area contributed by atoms with Gasteiger partial charge >= 0.3 is 0 Å². The number of benzene rings is 1. The van der Waals surface area contributed by atoms with Crippen LogP contribution >= 0.6 is 0 Å². The van der Waals surface area contributed by atoms with Crippen LogP contribution in [0, 0.1) is 0 Å². The minimum atomic E-state index is -0.160. The largest absolute Gasteiger partial charge is 0.454 e. The van der Waals surface area contributed by atoms with Crippen molar-refractivity contribution in [3.8, 4) is 11.5 Å². The number of rotatable bonds is 3. The maximum Gasteiger partial charge on any atom is 0.231 e. The lowest BCUT2D eigenvalue weighted by Crippen LogP contribution is -2.22. The third kappa shape index (κ3) is 2.72. The van der Waals surface area contributed by atoms with Crippen molar-refractivity contribution in [1.82, 2.24) is 15.0 Å². The molecule has 0 saturated heterocycles. The molecule has 0 atom stereocenters. The summed E-state index contributed by atoms with van der Waals surface area (Å²) < 4.78 is 12.4. The molecule has 3 rings (SSSR count). The van der Waals surface area contributed by atoms with Crippen LogP contribution < -0.4 is 9.47 Å². The van der Waals surface area contributed by atoms with Gasteiger partial charge in [0.2, 0.25) is 6.79 Å². The fourth-order valence-corrected chi connectivity index (χ4v) is 2.06. The van der Waals surface area contributed by atoms with Gasteiger partial charge in [0.25, 0.3) is 0 Å². The van der Waals surface area contributed by atoms with Crippen molar-refractivity contribution in [2.24, 2.45) is 0 Å². The molecule has 1 aliphatic heterocycles. The molecule has 22 heavy (non-hydrogen) atoms. The number of nitrogens with zero attached hydrogens (tertiary/aromatic N) is 3. The van der Waals surface area contributed by atoms with Crippen LogP contribution in [0.1, 0.15) is 36.8 Å². The Morgan fingerprint density at radius 2 is 2.14 bits per heavy atom. The molecule has 6 heteroatoms. The number of allylic oxidation sites excluding steroid dienone is 1. The van der Waals surface area contributed by atoms with Crippen molar-refractivity contribution in [3.63, 3.8) is 0 Å². The van der Waals surface area contributed by atoms with Crippen LogP contribution in [0.3, 0.4) is 0 Å². The zero-order valence-electron chi connectivity index (χ0n) is 12.7. The Morgan fingerprint density at radius 3 is 2.86 bits per heavy atom. The Morgan fingerprint density at radius 1 is 1.32 bits per heavy atom. The number of para-hydroxylation sites is 1. The van der Waals surface area contributed by atoms with Gasteiger partial charge in [-0.25, -0.2) is 4.68 Å². The minimum absolute atomic E-state index is 0.142. The second-order valence-electron chi connectivity index (χ2n) is 6.00. The summed E-state index contributed by atoms with van der Waals surface area (Å²) in [6.07, 6.45) is 4.92. The van der Waals surface area contributed by atoms with Gasteiger partial charge in [0.15, 0.2) is 17.3 Å². The number of ether oxygens (including phenoxy) is 2. The van der Waals surface area contributed by atoms with E-state index >= 15 is 0 Å². The standard InChI is InChI=1S/C16H17N3O3/c1-16(2,3)19-9-11(17-18-19)7-8-13(20)12-5-4-6-14-15(12)22-10-21-14/h4-9H,10H2,1-3H3/b8-7+. The highest BCUT2D eigenvalue weighted by Crippen LogP contribution is 2.35. The number of carbonyl (C=O) groups excluding carboxylic acids is 1. The van der Waals surface area contributed by atoms with E-state index in [0.717, 1.165) is 0 Å². The summed E-state index contributed by atoms with van der Waals surface area (Å²) in [5.74, 6) is 0.932. The molecule has 1 aliphatic rings. The highest BCUT2D eigenvalue weighted by molar-refractivity contribution is 6.09. The fourth-order valence-electron chi connectivity index (χ4n) is 2.06. The molecule has 0 aliphatic carbocycles. The van der Waals surface area contributed by atoms with E-state index in [0.29, 0.717) is 22.8 Å². The SMILES string of the molecule is CC(C)(C)n1cc(/C=C/C(=O)c2cccc3c2OCO3)nn1. The number of hydrogen-bond acceptors (Lipinski definition) is 5. The van der Waals surface area contributed by atoms with Gasteiger partial charge in [-0.05, 0) is 45.1 Å². The van der Waals surface area contributed by atoms with E-state index in [1.165, 1.54) is 6.08 Å². The first-order valence-corrected chi connectivity index (χ1v) is 6.99. The van der Waals surface area contributed by atoms with Crippen molar-refractivity contribution in [3.05, 3.63) is 41.7 Å². The molecule has 0 unspecified atom stereocenters. The molecule has 1 aromatic heterocycles. The van der Waals surface area contributed by atoms with Crippen LogP contribution in [0.4, 0.5) is 0 Å². The molecule has 0 fully saturated rings. The number of aromatic nitrogens is 3. The number of hydrogen-bond donors (Lipinski definition) is 0. The predicted octanol–water partition coefficient (Wildman–Crippen LogP) is 2.66. The Balaban J connectivity index is 1.80. The summed E-state index contributed by atoms with van der Waals surface area (Å²) >= 11 is 0. The van der Waals surface area contributed by atoms with Crippen molar-refractivity contribution in [2.45, 2.75) is 26.3 Å². The Labute approximate surface area is 128 Å². The summed E-state index contributed by atoms with van der Waals surface area (Å²) in [6, 6.07) is 5.26. The average molecular weight is 299 g/mol. The number of ketones is 1. The average Bonchev–Trinajstić information content (AvgIpc) is 3.12. The molecule has 0 N–H and O–H groups in total. The highest BCUT2D eigenvalue weighted by Gasteiger charge is 2.20. The molecule has 0 bridgehead atoms. The van der Waals surface area contributed by atoms with Gasteiger partial charge < -0.3 is 9.47 Å². The van der Waals surface area contributed by atoms with Crippen LogP contribution in [0.2, 0.25) is 0 Å². The Kier molecular flexibility index (Phi) is 3.44. The predicted molar refractivity (Wildman–Crippen MR) is 80.9 cm³/mol. The molecule has 114 valence electrons. The van der Waals surface area contributed by atoms with Gasteiger partial charge in [-0.2, -0.15) is 0 Å². The second-order valence-corrected chi connectivity index (χ2v) is 6.00. The third-order valence-corrected chi connectivity index (χ3v) is 3.27. The first-order chi connectivity index (χ1) is 10.4. The number of carbonyl (C=O) groups is 1. The minimum Gasteiger partial charge on any atom is -0.454 e. The molecule has 6 nitrogen and oxygen atoms in total. The maximum atomic E-state index is 12.3. The van der Waals surface area contributed by atoms with E-state index in [4.69, 9.17) is 9.47 Å². The Hall–Kier alpha value is -2.63. The molecular formula is C16H17N3O3. The quantitative estimate of drug-likeness (QED) is 0.644. The molecule has 1 aromatic carbocycles. The van der Waals surface area contributed by atoms with Crippen LogP contribution in [0.15, 0.2) is 30.5 Å². The van der Waals surface area contributed by atoms with Gasteiger partial charge in [-0.3, -0.25) is 4.79 Å². The van der Waals surface area contributed by atoms with Gasteiger partial charge in [0, 0.05) is 0 Å². The van der Waals surface area contributed by atoms with Gasteiger partial charge in [-0.15, -0.1) is 5.10 Å². The molecule has 0 saturated carbocycles. The summed E-state index contributed by atoms with van der Waals surface area (Å²) in [4.78, 5) is 12.3. The van der Waals surface area contributed by atoms with Crippen LogP contribution in [0.5, 0.6) is 11.5 Å². The molecular weight excluding hydrogens is 282 g/mol. The maximum absolute atomic E-state index is 12.3. The van der Waals surface area contributed by atoms with Crippen LogP contribution in [0.25, 0.3) is 6.08 Å². The van der Waals surface area contributed by atoms with Crippen molar-refractivity contribution >= 4 is 11.9 Å². The van der Waals surface area contributed by atoms with Crippen molar-refractivity contribution < 1.29 is 14.3 Å². The fraction of sp³-hybridized carbons (Fsp3) is 0.312. The molecule has 0 spiro atoms. The lowest BCUT2D eigenvalue weighted by Gasteiger charge is -2.17. The van der Waals surface area contributed by atoms with E-state index in [-0.39, 0.29) is 18.1 Å². The lowest BCUT2D eigenvalue weighted by molar-refractivity contribution is 0.104. The molecule has 0 radical (unpaired) electrons. The molecule has 2 heterocycles. The van der Waals surface area contributed by atoms with Crippen LogP contribution in [-0.4, -0.2) is 27.6 Å². The van der Waals surface area contributed by atoms with Crippen molar-refractivity contribution in [1.29, 1.82) is 0 Å². The zero-order chi connectivity index (χ0) is 15.7. The summed E-state index contributed by atoms with van der Waals surface area (Å²) in [6.45, 7) is 6.24. The highest BCUT2D eigenvalue weighted by atomic mass is 16.7.